The highest BCUT2D eigenvalue weighted by Gasteiger charge is 2.22. The van der Waals surface area contributed by atoms with Crippen molar-refractivity contribution in [3.05, 3.63) is 35.4 Å². The van der Waals surface area contributed by atoms with Gasteiger partial charge in [-0.05, 0) is 18.2 Å². The van der Waals surface area contributed by atoms with Gasteiger partial charge in [0.25, 0.3) is 0 Å². The molecule has 1 saturated heterocycles. The fourth-order valence-electron chi connectivity index (χ4n) is 2.60. The Balaban J connectivity index is 1.83. The van der Waals surface area contributed by atoms with Gasteiger partial charge in [-0.15, -0.1) is 0 Å². The number of aliphatic hydroxyl groups excluding tert-OH is 1. The molecule has 0 aliphatic carbocycles. The maximum absolute atomic E-state index is 13.6. The molecule has 0 amide bonds. The molecule has 0 aromatic heterocycles. The lowest BCUT2D eigenvalue weighted by Gasteiger charge is -2.35. The third kappa shape index (κ3) is 5.80. The molecule has 0 saturated carbocycles. The third-order valence-electron chi connectivity index (χ3n) is 3.99. The first-order chi connectivity index (χ1) is 10.7. The molecule has 1 heterocycles. The van der Waals surface area contributed by atoms with E-state index in [1.165, 1.54) is 6.26 Å². The van der Waals surface area contributed by atoms with Gasteiger partial charge in [0.05, 0.1) is 11.9 Å². The Morgan fingerprint density at radius 1 is 1.17 bits per heavy atom. The Morgan fingerprint density at radius 2 is 1.78 bits per heavy atom. The molecule has 0 bridgehead atoms. The van der Waals surface area contributed by atoms with Crippen LogP contribution in [-0.2, 0) is 9.84 Å². The number of hydrogen-bond acceptors (Lipinski definition) is 5. The Kier molecular flexibility index (Phi) is 6.07. The number of β-amino-alcohol motifs (C(OH)–C–C–N with tert-alkyl or cyclic N) is 1. The van der Waals surface area contributed by atoms with Gasteiger partial charge in [0.2, 0.25) is 0 Å². The van der Waals surface area contributed by atoms with Crippen LogP contribution in [0.5, 0.6) is 0 Å². The molecular weight excluding hydrogens is 326 g/mol. The van der Waals surface area contributed by atoms with Crippen molar-refractivity contribution < 1.29 is 22.3 Å². The standard InChI is InChI=1S/C15H22F2N2O3S/c1-23(21,22)9-8-18-4-6-19(7-5-18)11-15(20)13-10-12(16)2-3-14(13)17/h2-3,10,15,20H,4-9,11H2,1H3. The van der Waals surface area contributed by atoms with E-state index in [-0.39, 0.29) is 17.9 Å². The number of hydrogen-bond donors (Lipinski definition) is 1. The molecule has 1 aromatic rings. The molecular formula is C15H22F2N2O3S. The van der Waals surface area contributed by atoms with Crippen molar-refractivity contribution in [2.45, 2.75) is 6.10 Å². The molecule has 130 valence electrons. The minimum Gasteiger partial charge on any atom is -0.387 e. The summed E-state index contributed by atoms with van der Waals surface area (Å²) in [5, 5.41) is 10.1. The first-order valence-corrected chi connectivity index (χ1v) is 9.56. The fraction of sp³-hybridized carbons (Fsp3) is 0.600. The van der Waals surface area contributed by atoms with Crippen molar-refractivity contribution in [1.82, 2.24) is 9.80 Å². The van der Waals surface area contributed by atoms with Crippen LogP contribution in [-0.4, -0.2) is 74.6 Å². The minimum atomic E-state index is -2.97. The normalized spacial score (nSPS) is 19.0. The van der Waals surface area contributed by atoms with Crippen LogP contribution in [0.1, 0.15) is 11.7 Å². The van der Waals surface area contributed by atoms with Gasteiger partial charge in [0.15, 0.2) is 0 Å². The van der Waals surface area contributed by atoms with Crippen molar-refractivity contribution in [1.29, 1.82) is 0 Å². The number of halogens is 2. The van der Waals surface area contributed by atoms with Crippen molar-refractivity contribution >= 4 is 9.84 Å². The minimum absolute atomic E-state index is 0.0375. The summed E-state index contributed by atoms with van der Waals surface area (Å²) in [5.41, 5.74) is -0.0375. The molecule has 0 radical (unpaired) electrons. The maximum atomic E-state index is 13.6. The molecule has 2 rings (SSSR count). The number of piperazine rings is 1. The predicted octanol–water partition coefficient (Wildman–Crippen LogP) is 0.660. The molecule has 1 N–H and O–H groups in total. The summed E-state index contributed by atoms with van der Waals surface area (Å²) in [7, 11) is -2.97. The van der Waals surface area contributed by atoms with E-state index in [1.807, 2.05) is 9.80 Å². The largest absolute Gasteiger partial charge is 0.387 e. The van der Waals surface area contributed by atoms with Gasteiger partial charge in [-0.25, -0.2) is 17.2 Å². The molecule has 1 aromatic carbocycles. The third-order valence-corrected chi connectivity index (χ3v) is 4.92. The number of benzene rings is 1. The predicted molar refractivity (Wildman–Crippen MR) is 83.9 cm³/mol. The first-order valence-electron chi connectivity index (χ1n) is 7.50. The van der Waals surface area contributed by atoms with E-state index < -0.39 is 27.6 Å². The Morgan fingerprint density at radius 3 is 2.39 bits per heavy atom. The summed E-state index contributed by atoms with van der Waals surface area (Å²) < 4.78 is 49.1. The van der Waals surface area contributed by atoms with Crippen LogP contribution in [0.15, 0.2) is 18.2 Å². The van der Waals surface area contributed by atoms with E-state index in [1.54, 1.807) is 0 Å². The van der Waals surface area contributed by atoms with Crippen molar-refractivity contribution in [3.8, 4) is 0 Å². The fourth-order valence-corrected chi connectivity index (χ4v) is 3.19. The lowest BCUT2D eigenvalue weighted by molar-refractivity contribution is 0.0727. The molecule has 5 nitrogen and oxygen atoms in total. The highest BCUT2D eigenvalue weighted by molar-refractivity contribution is 7.90. The van der Waals surface area contributed by atoms with Crippen molar-refractivity contribution in [2.24, 2.45) is 0 Å². The van der Waals surface area contributed by atoms with E-state index in [0.29, 0.717) is 32.7 Å². The molecule has 1 aliphatic heterocycles. The monoisotopic (exact) mass is 348 g/mol. The van der Waals surface area contributed by atoms with E-state index in [9.17, 15) is 22.3 Å². The van der Waals surface area contributed by atoms with Gasteiger partial charge >= 0.3 is 0 Å². The van der Waals surface area contributed by atoms with Gasteiger partial charge in [0, 0.05) is 51.1 Å². The number of sulfone groups is 1. The number of nitrogens with zero attached hydrogens (tertiary/aromatic N) is 2. The van der Waals surface area contributed by atoms with Gasteiger partial charge in [0.1, 0.15) is 21.5 Å². The average Bonchev–Trinajstić information content (AvgIpc) is 2.48. The van der Waals surface area contributed by atoms with Crippen LogP contribution in [0.2, 0.25) is 0 Å². The quantitative estimate of drug-likeness (QED) is 0.818. The van der Waals surface area contributed by atoms with Gasteiger partial charge in [-0.1, -0.05) is 0 Å². The summed E-state index contributed by atoms with van der Waals surface area (Å²) in [6, 6.07) is 3.05. The van der Waals surface area contributed by atoms with E-state index in [4.69, 9.17) is 0 Å². The van der Waals surface area contributed by atoms with Crippen LogP contribution in [0, 0.1) is 11.6 Å². The van der Waals surface area contributed by atoms with Gasteiger partial charge in [-0.2, -0.15) is 0 Å². The van der Waals surface area contributed by atoms with Gasteiger partial charge in [-0.3, -0.25) is 9.80 Å². The average molecular weight is 348 g/mol. The Labute approximate surface area is 135 Å². The first kappa shape index (κ1) is 18.3. The Bertz CT molecular complexity index is 632. The van der Waals surface area contributed by atoms with E-state index in [2.05, 4.69) is 0 Å². The zero-order valence-electron chi connectivity index (χ0n) is 13.1. The van der Waals surface area contributed by atoms with E-state index in [0.717, 1.165) is 18.2 Å². The van der Waals surface area contributed by atoms with E-state index >= 15 is 0 Å². The van der Waals surface area contributed by atoms with Crippen molar-refractivity contribution in [3.63, 3.8) is 0 Å². The summed E-state index contributed by atoms with van der Waals surface area (Å²) in [4.78, 5) is 4.01. The van der Waals surface area contributed by atoms with Crippen LogP contribution in [0.25, 0.3) is 0 Å². The highest BCUT2D eigenvalue weighted by atomic mass is 32.2. The van der Waals surface area contributed by atoms with Crippen LogP contribution in [0.3, 0.4) is 0 Å². The molecule has 23 heavy (non-hydrogen) atoms. The summed E-state index contributed by atoms with van der Waals surface area (Å²) >= 11 is 0. The second-order valence-electron chi connectivity index (χ2n) is 5.95. The summed E-state index contributed by atoms with van der Waals surface area (Å²) in [6.45, 7) is 3.39. The lowest BCUT2D eigenvalue weighted by atomic mass is 10.1. The smallest absolute Gasteiger partial charge is 0.148 e. The Hall–Kier alpha value is -1.09. The highest BCUT2D eigenvalue weighted by Crippen LogP contribution is 2.20. The SMILES string of the molecule is CS(=O)(=O)CCN1CCN(CC(O)c2cc(F)ccc2F)CC1. The van der Waals surface area contributed by atoms with Crippen LogP contribution >= 0.6 is 0 Å². The molecule has 8 heteroatoms. The van der Waals surface area contributed by atoms with Crippen molar-refractivity contribution in [2.75, 3.05) is 51.3 Å². The molecule has 1 fully saturated rings. The topological polar surface area (TPSA) is 60.9 Å². The van der Waals surface area contributed by atoms with Gasteiger partial charge < -0.3 is 5.11 Å². The second-order valence-corrected chi connectivity index (χ2v) is 8.21. The zero-order chi connectivity index (χ0) is 17.0. The van der Waals surface area contributed by atoms with Crippen LogP contribution in [0.4, 0.5) is 8.78 Å². The summed E-state index contributed by atoms with van der Waals surface area (Å²) in [6.07, 6.45) is 0.126. The lowest BCUT2D eigenvalue weighted by Crippen LogP contribution is -2.48. The molecule has 1 atom stereocenters. The number of rotatable bonds is 6. The molecule has 1 unspecified atom stereocenters. The van der Waals surface area contributed by atoms with Crippen LogP contribution < -0.4 is 0 Å². The molecule has 1 aliphatic rings. The molecule has 0 spiro atoms. The zero-order valence-corrected chi connectivity index (χ0v) is 13.9. The summed E-state index contributed by atoms with van der Waals surface area (Å²) in [5.74, 6) is -1.07. The number of aliphatic hydroxyl groups is 1. The second kappa shape index (κ2) is 7.65. The maximum Gasteiger partial charge on any atom is 0.148 e.